The van der Waals surface area contributed by atoms with Crippen LogP contribution in [0.15, 0.2) is 24.3 Å². The minimum absolute atomic E-state index is 0.138. The maximum atomic E-state index is 13.8. The van der Waals surface area contributed by atoms with Crippen LogP contribution >= 0.6 is 0 Å². The molecule has 0 saturated heterocycles. The third kappa shape index (κ3) is 4.07. The van der Waals surface area contributed by atoms with Gasteiger partial charge in [0, 0.05) is 12.5 Å². The Morgan fingerprint density at radius 3 is 2.81 bits per heavy atom. The first-order valence-electron chi connectivity index (χ1n) is 7.40. The number of rotatable bonds is 7. The van der Waals surface area contributed by atoms with Gasteiger partial charge in [-0.05, 0) is 48.6 Å². The van der Waals surface area contributed by atoms with Gasteiger partial charge in [0.05, 0.1) is 7.05 Å². The normalized spacial score (nSPS) is 16.1. The zero-order valence-corrected chi connectivity index (χ0v) is 12.2. The maximum absolute atomic E-state index is 13.8. The average molecular weight is 289 g/mol. The van der Waals surface area contributed by atoms with Gasteiger partial charge in [-0.1, -0.05) is 18.2 Å². The van der Waals surface area contributed by atoms with Crippen molar-refractivity contribution in [2.75, 3.05) is 6.54 Å². The van der Waals surface area contributed by atoms with E-state index < -0.39 is 0 Å². The van der Waals surface area contributed by atoms with Gasteiger partial charge in [-0.2, -0.15) is 4.80 Å². The molecule has 1 aliphatic rings. The van der Waals surface area contributed by atoms with E-state index in [2.05, 4.69) is 20.7 Å². The predicted octanol–water partition coefficient (Wildman–Crippen LogP) is 1.50. The number of aromatic nitrogens is 4. The number of nitrogens with zero attached hydrogens (tertiary/aromatic N) is 4. The highest BCUT2D eigenvalue weighted by atomic mass is 19.1. The number of hydrogen-bond donors (Lipinski definition) is 1. The Kier molecular flexibility index (Phi) is 4.24. The Labute approximate surface area is 123 Å². The molecular weight excluding hydrogens is 269 g/mol. The van der Waals surface area contributed by atoms with Crippen molar-refractivity contribution in [1.82, 2.24) is 25.5 Å². The van der Waals surface area contributed by atoms with E-state index in [0.29, 0.717) is 18.9 Å². The van der Waals surface area contributed by atoms with Crippen LogP contribution in [-0.2, 0) is 19.9 Å². The van der Waals surface area contributed by atoms with Crippen LogP contribution in [0.5, 0.6) is 0 Å². The quantitative estimate of drug-likeness (QED) is 0.839. The first-order chi connectivity index (χ1) is 10.2. The summed E-state index contributed by atoms with van der Waals surface area (Å²) >= 11 is 0. The molecule has 1 aromatic heterocycles. The van der Waals surface area contributed by atoms with Gasteiger partial charge >= 0.3 is 0 Å². The van der Waals surface area contributed by atoms with Gasteiger partial charge in [-0.25, -0.2) is 4.39 Å². The second kappa shape index (κ2) is 6.30. The lowest BCUT2D eigenvalue weighted by Gasteiger charge is -2.16. The number of halogens is 1. The summed E-state index contributed by atoms with van der Waals surface area (Å²) in [6.45, 7) is 0.858. The molecule has 5 nitrogen and oxygen atoms in total. The van der Waals surface area contributed by atoms with E-state index in [1.807, 2.05) is 12.1 Å². The van der Waals surface area contributed by atoms with E-state index in [1.54, 1.807) is 13.1 Å². The van der Waals surface area contributed by atoms with E-state index in [4.69, 9.17) is 0 Å². The molecule has 6 heteroatoms. The fourth-order valence-electron chi connectivity index (χ4n) is 2.48. The van der Waals surface area contributed by atoms with Crippen LogP contribution < -0.4 is 5.32 Å². The summed E-state index contributed by atoms with van der Waals surface area (Å²) in [7, 11) is 1.75. The molecule has 0 radical (unpaired) electrons. The lowest BCUT2D eigenvalue weighted by atomic mass is 9.95. The number of benzene rings is 1. The minimum Gasteiger partial charge on any atom is -0.314 e. The highest BCUT2D eigenvalue weighted by Crippen LogP contribution is 2.21. The van der Waals surface area contributed by atoms with Crippen LogP contribution in [0, 0.1) is 11.7 Å². The molecule has 1 N–H and O–H groups in total. The summed E-state index contributed by atoms with van der Waals surface area (Å²) in [5.74, 6) is 0.851. The van der Waals surface area contributed by atoms with Crippen LogP contribution in [0.1, 0.15) is 24.2 Å². The lowest BCUT2D eigenvalue weighted by molar-refractivity contribution is 0.450. The second-order valence-electron chi connectivity index (χ2n) is 5.74. The van der Waals surface area contributed by atoms with Gasteiger partial charge in [-0.3, -0.25) is 0 Å². The van der Waals surface area contributed by atoms with Gasteiger partial charge in [0.15, 0.2) is 5.82 Å². The predicted molar refractivity (Wildman–Crippen MR) is 77.1 cm³/mol. The van der Waals surface area contributed by atoms with E-state index in [-0.39, 0.29) is 11.7 Å². The van der Waals surface area contributed by atoms with E-state index in [0.717, 1.165) is 17.9 Å². The van der Waals surface area contributed by atoms with Crippen molar-refractivity contribution in [3.05, 3.63) is 41.5 Å². The summed E-state index contributed by atoms with van der Waals surface area (Å²) < 4.78 is 13.8. The van der Waals surface area contributed by atoms with Crippen LogP contribution in [0.25, 0.3) is 0 Å². The molecule has 2 aromatic rings. The van der Waals surface area contributed by atoms with E-state index in [9.17, 15) is 4.39 Å². The Bertz CT molecular complexity index is 593. The van der Waals surface area contributed by atoms with Gasteiger partial charge in [0.25, 0.3) is 0 Å². The third-order valence-corrected chi connectivity index (χ3v) is 3.76. The molecule has 1 aromatic carbocycles. The third-order valence-electron chi connectivity index (χ3n) is 3.76. The molecule has 112 valence electrons. The Balaban J connectivity index is 1.67. The zero-order chi connectivity index (χ0) is 14.7. The molecule has 0 spiro atoms. The number of hydrogen-bond acceptors (Lipinski definition) is 4. The number of tetrazole rings is 1. The van der Waals surface area contributed by atoms with Crippen LogP contribution in [0.4, 0.5) is 4.39 Å². The topological polar surface area (TPSA) is 55.6 Å². The van der Waals surface area contributed by atoms with Gasteiger partial charge < -0.3 is 5.32 Å². The average Bonchev–Trinajstić information content (AvgIpc) is 3.21. The molecule has 0 bridgehead atoms. The van der Waals surface area contributed by atoms with Crippen LogP contribution in [-0.4, -0.2) is 32.8 Å². The van der Waals surface area contributed by atoms with Gasteiger partial charge in [-0.15, -0.1) is 10.2 Å². The Morgan fingerprint density at radius 1 is 1.33 bits per heavy atom. The number of nitrogens with one attached hydrogen (secondary N) is 1. The molecule has 1 saturated carbocycles. The fourth-order valence-corrected chi connectivity index (χ4v) is 2.48. The molecule has 21 heavy (non-hydrogen) atoms. The first-order valence-corrected chi connectivity index (χ1v) is 7.40. The maximum Gasteiger partial charge on any atom is 0.175 e. The van der Waals surface area contributed by atoms with Crippen molar-refractivity contribution in [1.29, 1.82) is 0 Å². The molecule has 1 fully saturated rings. The Hall–Kier alpha value is -1.82. The monoisotopic (exact) mass is 289 g/mol. The molecule has 1 heterocycles. The smallest absolute Gasteiger partial charge is 0.175 e. The number of aryl methyl sites for hydroxylation is 1. The second-order valence-corrected chi connectivity index (χ2v) is 5.74. The zero-order valence-electron chi connectivity index (χ0n) is 12.2. The largest absolute Gasteiger partial charge is 0.314 e. The summed E-state index contributed by atoms with van der Waals surface area (Å²) in [6.07, 6.45) is 3.89. The van der Waals surface area contributed by atoms with Crippen molar-refractivity contribution in [3.63, 3.8) is 0 Å². The van der Waals surface area contributed by atoms with Gasteiger partial charge in [0.1, 0.15) is 5.82 Å². The van der Waals surface area contributed by atoms with E-state index >= 15 is 0 Å². The molecule has 1 aliphatic carbocycles. The molecule has 0 aliphatic heterocycles. The van der Waals surface area contributed by atoms with Crippen LogP contribution in [0.3, 0.4) is 0 Å². The van der Waals surface area contributed by atoms with Crippen LogP contribution in [0.2, 0.25) is 0 Å². The highest BCUT2D eigenvalue weighted by Gasteiger charge is 2.23. The first kappa shape index (κ1) is 14.1. The molecule has 3 rings (SSSR count). The van der Waals surface area contributed by atoms with Crippen molar-refractivity contribution >= 4 is 0 Å². The van der Waals surface area contributed by atoms with Crippen molar-refractivity contribution in [3.8, 4) is 0 Å². The fraction of sp³-hybridized carbons (Fsp3) is 0.533. The summed E-state index contributed by atoms with van der Waals surface area (Å²) in [6, 6.07) is 7.61. The molecule has 1 atom stereocenters. The molecule has 1 unspecified atom stereocenters. The van der Waals surface area contributed by atoms with Crippen molar-refractivity contribution < 1.29 is 4.39 Å². The molecule has 0 amide bonds. The van der Waals surface area contributed by atoms with Crippen molar-refractivity contribution in [2.24, 2.45) is 13.0 Å². The highest BCUT2D eigenvalue weighted by molar-refractivity contribution is 5.18. The van der Waals surface area contributed by atoms with Gasteiger partial charge in [0.2, 0.25) is 0 Å². The Morgan fingerprint density at radius 2 is 2.14 bits per heavy atom. The SMILES string of the molecule is Cn1nnc(CC(CNC2CC2)Cc2ccccc2F)n1. The van der Waals surface area contributed by atoms with E-state index in [1.165, 1.54) is 23.7 Å². The van der Waals surface area contributed by atoms with Crippen molar-refractivity contribution in [2.45, 2.75) is 31.7 Å². The summed E-state index contributed by atoms with van der Waals surface area (Å²) in [5, 5.41) is 15.7. The standard InChI is InChI=1S/C15H20FN5/c1-21-19-15(18-20-21)9-11(10-17-13-6-7-13)8-12-4-2-3-5-14(12)16/h2-5,11,13,17H,6-10H2,1H3. The summed E-state index contributed by atoms with van der Waals surface area (Å²) in [4.78, 5) is 1.46. The molecular formula is C15H20FN5. The minimum atomic E-state index is -0.138. The lowest BCUT2D eigenvalue weighted by Crippen LogP contribution is -2.28. The summed E-state index contributed by atoms with van der Waals surface area (Å²) in [5.41, 5.74) is 0.754.